The molecule has 1 aromatic rings. The molecule has 0 bridgehead atoms. The van der Waals surface area contributed by atoms with Crippen LogP contribution in [-0.4, -0.2) is 6.54 Å². The quantitative estimate of drug-likeness (QED) is 0.755. The van der Waals surface area contributed by atoms with Gasteiger partial charge in [-0.25, -0.2) is 4.39 Å². The Balaban J connectivity index is 2.67. The van der Waals surface area contributed by atoms with Crippen molar-refractivity contribution in [2.45, 2.75) is 20.8 Å². The van der Waals surface area contributed by atoms with Crippen LogP contribution in [0.15, 0.2) is 18.2 Å². The third-order valence-corrected chi connectivity index (χ3v) is 1.83. The molecule has 1 aromatic carbocycles. The number of nitrogens with one attached hydrogen (secondary N) is 1. The Bertz CT molecular complexity index is 281. The Labute approximate surface area is 79.0 Å². The number of hydrogen-bond acceptors (Lipinski definition) is 1. The molecule has 0 aliphatic heterocycles. The molecule has 1 nitrogen and oxygen atoms in total. The van der Waals surface area contributed by atoms with E-state index in [2.05, 4.69) is 19.2 Å². The monoisotopic (exact) mass is 181 g/mol. The van der Waals surface area contributed by atoms with E-state index in [9.17, 15) is 4.39 Å². The standard InChI is InChI=1S/C11H16FN/c1-8(2)7-13-11-5-4-9(3)6-10(11)12/h4-6,8,13H,7H2,1-3H3. The molecule has 0 radical (unpaired) electrons. The summed E-state index contributed by atoms with van der Waals surface area (Å²) in [5.74, 6) is 0.362. The first-order chi connectivity index (χ1) is 6.09. The predicted molar refractivity (Wildman–Crippen MR) is 54.5 cm³/mol. The average Bonchev–Trinajstić information content (AvgIpc) is 2.02. The van der Waals surface area contributed by atoms with E-state index in [0.717, 1.165) is 12.1 Å². The lowest BCUT2D eigenvalue weighted by Gasteiger charge is -2.09. The number of hydrogen-bond donors (Lipinski definition) is 1. The highest BCUT2D eigenvalue weighted by molar-refractivity contribution is 5.46. The van der Waals surface area contributed by atoms with E-state index in [1.807, 2.05) is 13.0 Å². The van der Waals surface area contributed by atoms with Crippen LogP contribution in [0.3, 0.4) is 0 Å². The molecule has 0 spiro atoms. The van der Waals surface area contributed by atoms with Gasteiger partial charge in [0, 0.05) is 6.54 Å². The second kappa shape index (κ2) is 4.26. The van der Waals surface area contributed by atoms with E-state index < -0.39 is 0 Å². The highest BCUT2D eigenvalue weighted by atomic mass is 19.1. The SMILES string of the molecule is Cc1ccc(NCC(C)C)c(F)c1. The third-order valence-electron chi connectivity index (χ3n) is 1.83. The van der Waals surface area contributed by atoms with Crippen LogP contribution in [0.5, 0.6) is 0 Å². The first-order valence-corrected chi connectivity index (χ1v) is 4.59. The molecule has 0 saturated carbocycles. The zero-order chi connectivity index (χ0) is 9.84. The fourth-order valence-electron chi connectivity index (χ4n) is 1.08. The maximum Gasteiger partial charge on any atom is 0.146 e. The maximum absolute atomic E-state index is 13.2. The predicted octanol–water partition coefficient (Wildman–Crippen LogP) is 3.20. The third kappa shape index (κ3) is 3.05. The minimum Gasteiger partial charge on any atom is -0.382 e. The molecule has 2 heteroatoms. The molecule has 0 atom stereocenters. The number of aryl methyl sites for hydroxylation is 1. The summed E-state index contributed by atoms with van der Waals surface area (Å²) >= 11 is 0. The van der Waals surface area contributed by atoms with Crippen molar-refractivity contribution in [1.82, 2.24) is 0 Å². The van der Waals surface area contributed by atoms with Gasteiger partial charge in [0.25, 0.3) is 0 Å². The Hall–Kier alpha value is -1.05. The van der Waals surface area contributed by atoms with Crippen LogP contribution in [0.25, 0.3) is 0 Å². The number of rotatable bonds is 3. The summed E-state index contributed by atoms with van der Waals surface area (Å²) in [6.07, 6.45) is 0. The summed E-state index contributed by atoms with van der Waals surface area (Å²) in [6, 6.07) is 5.24. The van der Waals surface area contributed by atoms with Crippen LogP contribution in [0.4, 0.5) is 10.1 Å². The van der Waals surface area contributed by atoms with Gasteiger partial charge in [0.15, 0.2) is 0 Å². The van der Waals surface area contributed by atoms with Gasteiger partial charge in [-0.1, -0.05) is 19.9 Å². The van der Waals surface area contributed by atoms with E-state index in [-0.39, 0.29) is 5.82 Å². The van der Waals surface area contributed by atoms with Crippen molar-refractivity contribution in [1.29, 1.82) is 0 Å². The lowest BCUT2D eigenvalue weighted by atomic mass is 10.2. The number of anilines is 1. The minimum absolute atomic E-state index is 0.166. The van der Waals surface area contributed by atoms with Crippen molar-refractivity contribution in [3.63, 3.8) is 0 Å². The average molecular weight is 181 g/mol. The zero-order valence-corrected chi connectivity index (χ0v) is 8.39. The molecule has 0 unspecified atom stereocenters. The summed E-state index contributed by atoms with van der Waals surface area (Å²) < 4.78 is 13.2. The first kappa shape index (κ1) is 10.0. The lowest BCUT2D eigenvalue weighted by molar-refractivity contribution is 0.623. The molecule has 1 N–H and O–H groups in total. The van der Waals surface area contributed by atoms with E-state index >= 15 is 0 Å². The molecular formula is C11H16FN. The van der Waals surface area contributed by atoms with E-state index in [1.54, 1.807) is 12.1 Å². The summed E-state index contributed by atoms with van der Waals surface area (Å²) in [6.45, 7) is 6.88. The Kier molecular flexibility index (Phi) is 3.29. The van der Waals surface area contributed by atoms with Crippen LogP contribution in [0.1, 0.15) is 19.4 Å². The fourth-order valence-corrected chi connectivity index (χ4v) is 1.08. The van der Waals surface area contributed by atoms with Crippen LogP contribution >= 0.6 is 0 Å². The van der Waals surface area contributed by atoms with Gasteiger partial charge in [0.1, 0.15) is 5.82 Å². The first-order valence-electron chi connectivity index (χ1n) is 4.59. The van der Waals surface area contributed by atoms with Crippen LogP contribution in [0.2, 0.25) is 0 Å². The van der Waals surface area contributed by atoms with Crippen molar-refractivity contribution in [2.24, 2.45) is 5.92 Å². The largest absolute Gasteiger partial charge is 0.382 e. The highest BCUT2D eigenvalue weighted by Crippen LogP contribution is 2.15. The normalized spacial score (nSPS) is 10.5. The van der Waals surface area contributed by atoms with E-state index in [0.29, 0.717) is 11.6 Å². The smallest absolute Gasteiger partial charge is 0.146 e. The van der Waals surface area contributed by atoms with Gasteiger partial charge in [-0.2, -0.15) is 0 Å². The van der Waals surface area contributed by atoms with Gasteiger partial charge >= 0.3 is 0 Å². The van der Waals surface area contributed by atoms with Crippen molar-refractivity contribution in [3.8, 4) is 0 Å². The van der Waals surface area contributed by atoms with E-state index in [4.69, 9.17) is 0 Å². The molecule has 0 saturated heterocycles. The van der Waals surface area contributed by atoms with E-state index in [1.165, 1.54) is 0 Å². The summed E-state index contributed by atoms with van der Waals surface area (Å²) in [5.41, 5.74) is 1.55. The van der Waals surface area contributed by atoms with Crippen molar-refractivity contribution >= 4 is 5.69 Å². The van der Waals surface area contributed by atoms with Gasteiger partial charge in [0.05, 0.1) is 5.69 Å². The molecule has 0 aliphatic carbocycles. The molecule has 0 fully saturated rings. The topological polar surface area (TPSA) is 12.0 Å². The van der Waals surface area contributed by atoms with Gasteiger partial charge in [-0.15, -0.1) is 0 Å². The molecule has 72 valence electrons. The van der Waals surface area contributed by atoms with Crippen molar-refractivity contribution in [2.75, 3.05) is 11.9 Å². The molecule has 13 heavy (non-hydrogen) atoms. The molecule has 0 aromatic heterocycles. The molecular weight excluding hydrogens is 165 g/mol. The number of benzene rings is 1. The van der Waals surface area contributed by atoms with Crippen molar-refractivity contribution < 1.29 is 4.39 Å². The van der Waals surface area contributed by atoms with Crippen LogP contribution in [0, 0.1) is 18.7 Å². The highest BCUT2D eigenvalue weighted by Gasteiger charge is 2.01. The fraction of sp³-hybridized carbons (Fsp3) is 0.455. The van der Waals surface area contributed by atoms with Gasteiger partial charge < -0.3 is 5.32 Å². The van der Waals surface area contributed by atoms with Crippen molar-refractivity contribution in [3.05, 3.63) is 29.6 Å². The number of halogens is 1. The van der Waals surface area contributed by atoms with Gasteiger partial charge in [0.2, 0.25) is 0 Å². The van der Waals surface area contributed by atoms with Crippen LogP contribution < -0.4 is 5.32 Å². The summed E-state index contributed by atoms with van der Waals surface area (Å²) in [5, 5.41) is 3.06. The Morgan fingerprint density at radius 3 is 2.62 bits per heavy atom. The molecule has 0 amide bonds. The Morgan fingerprint density at radius 1 is 1.38 bits per heavy atom. The molecule has 1 rings (SSSR count). The molecule has 0 heterocycles. The Morgan fingerprint density at radius 2 is 2.08 bits per heavy atom. The van der Waals surface area contributed by atoms with Gasteiger partial charge in [-0.05, 0) is 30.5 Å². The molecule has 0 aliphatic rings. The zero-order valence-electron chi connectivity index (χ0n) is 8.39. The second-order valence-corrected chi connectivity index (χ2v) is 3.76. The van der Waals surface area contributed by atoms with Gasteiger partial charge in [-0.3, -0.25) is 0 Å². The maximum atomic E-state index is 13.2. The summed E-state index contributed by atoms with van der Waals surface area (Å²) in [7, 11) is 0. The second-order valence-electron chi connectivity index (χ2n) is 3.76. The summed E-state index contributed by atoms with van der Waals surface area (Å²) in [4.78, 5) is 0. The minimum atomic E-state index is -0.166. The lowest BCUT2D eigenvalue weighted by Crippen LogP contribution is -2.09. The van der Waals surface area contributed by atoms with Crippen LogP contribution in [-0.2, 0) is 0 Å².